The average Bonchev–Trinajstić information content (AvgIpc) is 3.27. The van der Waals surface area contributed by atoms with E-state index in [1.165, 1.54) is 6.07 Å². The van der Waals surface area contributed by atoms with E-state index >= 15 is 0 Å². The van der Waals surface area contributed by atoms with Crippen LogP contribution in [0.4, 0.5) is 8.78 Å². The fourth-order valence-corrected chi connectivity index (χ4v) is 2.67. The molecule has 1 heterocycles. The number of carbonyl (C=O) groups is 1. The van der Waals surface area contributed by atoms with E-state index < -0.39 is 17.6 Å². The van der Waals surface area contributed by atoms with Gasteiger partial charge >= 0.3 is 5.97 Å². The molecule has 0 N–H and O–H groups in total. The Bertz CT molecular complexity index is 744. The Kier molecular flexibility index (Phi) is 3.53. The number of ether oxygens (including phenoxy) is 1. The molecule has 0 unspecified atom stereocenters. The van der Waals surface area contributed by atoms with Gasteiger partial charge in [0.15, 0.2) is 11.6 Å². The largest absolute Gasteiger partial charge is 0.462 e. The minimum atomic E-state index is -1.10. The highest BCUT2D eigenvalue weighted by Crippen LogP contribution is 2.44. The van der Waals surface area contributed by atoms with Crippen LogP contribution in [0.15, 0.2) is 12.1 Å². The Labute approximate surface area is 124 Å². The summed E-state index contributed by atoms with van der Waals surface area (Å²) in [5.74, 6) is -2.65. The molecule has 3 rings (SSSR count). The quantitative estimate of drug-likeness (QED) is 0.797. The minimum absolute atomic E-state index is 0.0537. The summed E-state index contributed by atoms with van der Waals surface area (Å²) in [5, 5.41) is -0.304. The molecule has 0 saturated heterocycles. The SMILES string of the molecule is CCOC(=O)c1c(C2CC2)nc2ccc(F)c(F)c2c1Cl. The molecule has 1 aliphatic rings. The topological polar surface area (TPSA) is 39.2 Å². The lowest BCUT2D eigenvalue weighted by molar-refractivity contribution is 0.0525. The van der Waals surface area contributed by atoms with Gasteiger partial charge in [-0.25, -0.2) is 13.6 Å². The van der Waals surface area contributed by atoms with Crippen LogP contribution in [0.2, 0.25) is 5.02 Å². The zero-order valence-electron chi connectivity index (χ0n) is 11.3. The number of aromatic nitrogens is 1. The molecule has 1 aromatic carbocycles. The molecular formula is C15H12ClF2NO2. The van der Waals surface area contributed by atoms with E-state index in [4.69, 9.17) is 16.3 Å². The van der Waals surface area contributed by atoms with E-state index in [0.717, 1.165) is 18.9 Å². The number of carbonyl (C=O) groups excluding carboxylic acids is 1. The molecule has 1 fully saturated rings. The number of benzene rings is 1. The van der Waals surface area contributed by atoms with Gasteiger partial charge in [0, 0.05) is 5.92 Å². The smallest absolute Gasteiger partial charge is 0.341 e. The van der Waals surface area contributed by atoms with Crippen molar-refractivity contribution in [1.29, 1.82) is 0 Å². The fourth-order valence-electron chi connectivity index (χ4n) is 2.32. The molecule has 110 valence electrons. The molecule has 1 aliphatic carbocycles. The lowest BCUT2D eigenvalue weighted by Gasteiger charge is -2.12. The third-order valence-corrected chi connectivity index (χ3v) is 3.83. The number of nitrogens with zero attached hydrogens (tertiary/aromatic N) is 1. The molecule has 1 saturated carbocycles. The maximum Gasteiger partial charge on any atom is 0.341 e. The molecule has 2 aromatic rings. The summed E-state index contributed by atoms with van der Waals surface area (Å²) in [6.07, 6.45) is 1.79. The van der Waals surface area contributed by atoms with Crippen LogP contribution in [0.3, 0.4) is 0 Å². The monoisotopic (exact) mass is 311 g/mol. The molecule has 0 spiro atoms. The number of hydrogen-bond acceptors (Lipinski definition) is 3. The maximum absolute atomic E-state index is 14.0. The highest BCUT2D eigenvalue weighted by atomic mass is 35.5. The summed E-state index contributed by atoms with van der Waals surface area (Å²) in [6.45, 7) is 1.83. The van der Waals surface area contributed by atoms with Crippen molar-refractivity contribution in [2.75, 3.05) is 6.61 Å². The van der Waals surface area contributed by atoms with Gasteiger partial charge in [0.2, 0.25) is 0 Å². The first-order chi connectivity index (χ1) is 10.0. The van der Waals surface area contributed by atoms with E-state index in [0.29, 0.717) is 5.69 Å². The molecule has 3 nitrogen and oxygen atoms in total. The van der Waals surface area contributed by atoms with Gasteiger partial charge < -0.3 is 4.74 Å². The van der Waals surface area contributed by atoms with E-state index in [2.05, 4.69) is 4.98 Å². The molecule has 0 amide bonds. The van der Waals surface area contributed by atoms with Crippen molar-refractivity contribution in [3.05, 3.63) is 40.0 Å². The second kappa shape index (κ2) is 5.22. The molecule has 0 atom stereocenters. The summed E-state index contributed by atoms with van der Waals surface area (Å²) in [4.78, 5) is 16.4. The van der Waals surface area contributed by atoms with Crippen molar-refractivity contribution in [2.24, 2.45) is 0 Å². The second-order valence-electron chi connectivity index (χ2n) is 4.94. The first-order valence-corrected chi connectivity index (χ1v) is 7.06. The lowest BCUT2D eigenvalue weighted by Crippen LogP contribution is -2.11. The summed E-state index contributed by atoms with van der Waals surface area (Å²) < 4.78 is 32.4. The first-order valence-electron chi connectivity index (χ1n) is 6.68. The van der Waals surface area contributed by atoms with Crippen molar-refractivity contribution in [3.8, 4) is 0 Å². The van der Waals surface area contributed by atoms with E-state index in [1.54, 1.807) is 6.92 Å². The molecule has 1 aromatic heterocycles. The Hall–Kier alpha value is -1.75. The molecule has 6 heteroatoms. The van der Waals surface area contributed by atoms with Gasteiger partial charge in [-0.3, -0.25) is 4.98 Å². The number of rotatable bonds is 3. The van der Waals surface area contributed by atoms with Crippen LogP contribution >= 0.6 is 11.6 Å². The van der Waals surface area contributed by atoms with Crippen molar-refractivity contribution in [3.63, 3.8) is 0 Å². The predicted octanol–water partition coefficient (Wildman–Crippen LogP) is 4.22. The van der Waals surface area contributed by atoms with Crippen LogP contribution in [-0.2, 0) is 4.74 Å². The number of hydrogen-bond donors (Lipinski definition) is 0. The van der Waals surface area contributed by atoms with Crippen molar-refractivity contribution < 1.29 is 18.3 Å². The van der Waals surface area contributed by atoms with Gasteiger partial charge in [0.25, 0.3) is 0 Å². The zero-order valence-corrected chi connectivity index (χ0v) is 12.0. The van der Waals surface area contributed by atoms with Crippen LogP contribution < -0.4 is 0 Å². The molecule has 21 heavy (non-hydrogen) atoms. The van der Waals surface area contributed by atoms with E-state index in [9.17, 15) is 13.6 Å². The van der Waals surface area contributed by atoms with Crippen LogP contribution in [0.1, 0.15) is 41.7 Å². The van der Waals surface area contributed by atoms with Crippen molar-refractivity contribution in [2.45, 2.75) is 25.7 Å². The predicted molar refractivity (Wildman–Crippen MR) is 74.6 cm³/mol. The Morgan fingerprint density at radius 2 is 2.14 bits per heavy atom. The summed E-state index contributed by atoms with van der Waals surface area (Å²) >= 11 is 6.18. The van der Waals surface area contributed by atoms with Crippen LogP contribution in [-0.4, -0.2) is 17.6 Å². The van der Waals surface area contributed by atoms with Gasteiger partial charge in [-0.05, 0) is 31.9 Å². The number of pyridine rings is 1. The average molecular weight is 312 g/mol. The summed E-state index contributed by atoms with van der Waals surface area (Å²) in [5.41, 5.74) is 0.809. The van der Waals surface area contributed by atoms with Gasteiger partial charge in [-0.2, -0.15) is 0 Å². The lowest BCUT2D eigenvalue weighted by atomic mass is 10.1. The van der Waals surface area contributed by atoms with Gasteiger partial charge in [0.05, 0.1) is 28.2 Å². The van der Waals surface area contributed by atoms with Crippen LogP contribution in [0, 0.1) is 11.6 Å². The Balaban J connectivity index is 2.32. The highest BCUT2D eigenvalue weighted by Gasteiger charge is 2.33. The Morgan fingerprint density at radius 3 is 2.76 bits per heavy atom. The van der Waals surface area contributed by atoms with Crippen molar-refractivity contribution in [1.82, 2.24) is 4.98 Å². The Morgan fingerprint density at radius 1 is 1.43 bits per heavy atom. The normalized spacial score (nSPS) is 14.5. The van der Waals surface area contributed by atoms with Gasteiger partial charge in [-0.15, -0.1) is 0 Å². The molecule has 0 radical (unpaired) electrons. The second-order valence-corrected chi connectivity index (χ2v) is 5.31. The molecule has 0 bridgehead atoms. The van der Waals surface area contributed by atoms with Crippen LogP contribution in [0.25, 0.3) is 10.9 Å². The van der Waals surface area contributed by atoms with Crippen molar-refractivity contribution >= 4 is 28.5 Å². The number of esters is 1. The van der Waals surface area contributed by atoms with E-state index in [1.807, 2.05) is 0 Å². The van der Waals surface area contributed by atoms with Gasteiger partial charge in [0.1, 0.15) is 5.56 Å². The first kappa shape index (κ1) is 14.2. The molecular weight excluding hydrogens is 300 g/mol. The summed E-state index contributed by atoms with van der Waals surface area (Å²) in [7, 11) is 0. The number of fused-ring (bicyclic) bond motifs is 1. The minimum Gasteiger partial charge on any atom is -0.462 e. The summed E-state index contributed by atoms with van der Waals surface area (Å²) in [6, 6.07) is 2.36. The highest BCUT2D eigenvalue weighted by molar-refractivity contribution is 6.38. The standard InChI is InChI=1S/C15H12ClF2NO2/c1-2-21-15(20)11-12(16)10-9(6-5-8(17)13(10)18)19-14(11)7-3-4-7/h5-7H,2-4H2,1H3. The third kappa shape index (κ3) is 2.35. The van der Waals surface area contributed by atoms with Crippen LogP contribution in [0.5, 0.6) is 0 Å². The maximum atomic E-state index is 14.0. The third-order valence-electron chi connectivity index (χ3n) is 3.45. The fraction of sp³-hybridized carbons (Fsp3) is 0.333. The van der Waals surface area contributed by atoms with Gasteiger partial charge in [-0.1, -0.05) is 11.6 Å². The molecule has 0 aliphatic heterocycles. The van der Waals surface area contributed by atoms with E-state index in [-0.39, 0.29) is 34.0 Å². The number of halogens is 3. The zero-order chi connectivity index (χ0) is 15.1.